The summed E-state index contributed by atoms with van der Waals surface area (Å²) in [5.41, 5.74) is 0. The van der Waals surface area contributed by atoms with Crippen LogP contribution in [0.1, 0.15) is 57.8 Å². The van der Waals surface area contributed by atoms with Crippen LogP contribution in [0.15, 0.2) is 0 Å². The van der Waals surface area contributed by atoms with Gasteiger partial charge in [0, 0.05) is 57.3 Å². The molecular weight excluding hydrogens is 356 g/mol. The smallest absolute Gasteiger partial charge is 0.222 e. The summed E-state index contributed by atoms with van der Waals surface area (Å²) in [5, 5.41) is 22.7. The van der Waals surface area contributed by atoms with Crippen LogP contribution in [0.25, 0.3) is 0 Å². The first-order chi connectivity index (χ1) is 13.3. The Bertz CT molecular complexity index is 618. The first-order valence-corrected chi connectivity index (χ1v) is 11.5. The van der Waals surface area contributed by atoms with Crippen molar-refractivity contribution in [2.24, 2.45) is 29.6 Å². The minimum atomic E-state index is -1.28. The molecule has 0 spiro atoms. The molecule has 6 rings (SSSR count). The van der Waals surface area contributed by atoms with Crippen LogP contribution in [0, 0.1) is 29.6 Å². The number of carbonyl (C=O) groups excluding carboxylic acids is 1. The lowest BCUT2D eigenvalue weighted by Gasteiger charge is -2.47. The quantitative estimate of drug-likeness (QED) is 0.714. The zero-order valence-corrected chi connectivity index (χ0v) is 17.2. The van der Waals surface area contributed by atoms with Crippen LogP contribution < -0.4 is 0 Å². The average Bonchev–Trinajstić information content (AvgIpc) is 3.03. The van der Waals surface area contributed by atoms with E-state index in [4.69, 9.17) is 4.74 Å². The summed E-state index contributed by atoms with van der Waals surface area (Å²) in [4.78, 5) is 17.0. The van der Waals surface area contributed by atoms with E-state index in [1.807, 2.05) is 4.90 Å². The van der Waals surface area contributed by atoms with Gasteiger partial charge in [0.2, 0.25) is 5.91 Å². The second-order valence-electron chi connectivity index (χ2n) is 10.5. The van der Waals surface area contributed by atoms with Gasteiger partial charge in [-0.1, -0.05) is 0 Å². The number of nitrogens with zero attached hydrogens (tertiary/aromatic N) is 2. The maximum Gasteiger partial charge on any atom is 0.222 e. The molecule has 2 N–H and O–H groups in total. The molecule has 1 aliphatic heterocycles. The topological polar surface area (TPSA) is 73.2 Å². The van der Waals surface area contributed by atoms with Crippen LogP contribution in [-0.4, -0.2) is 70.7 Å². The number of aliphatic hydroxyl groups is 2. The van der Waals surface area contributed by atoms with E-state index in [0.29, 0.717) is 25.2 Å². The number of ether oxygens (including phenoxy) is 1. The van der Waals surface area contributed by atoms with Gasteiger partial charge in [-0.2, -0.15) is 0 Å². The number of hydrogen-bond donors (Lipinski definition) is 2. The van der Waals surface area contributed by atoms with E-state index in [-0.39, 0.29) is 23.7 Å². The molecule has 28 heavy (non-hydrogen) atoms. The lowest BCUT2D eigenvalue weighted by Crippen LogP contribution is -2.54. The molecule has 6 fully saturated rings. The van der Waals surface area contributed by atoms with Gasteiger partial charge in [0.25, 0.3) is 0 Å². The fraction of sp³-hybridized carbons (Fsp3) is 0.955. The Morgan fingerprint density at radius 3 is 2.64 bits per heavy atom. The average molecular weight is 393 g/mol. The van der Waals surface area contributed by atoms with E-state index in [1.54, 1.807) is 0 Å². The highest BCUT2D eigenvalue weighted by Crippen LogP contribution is 2.64. The number of rotatable bonds is 4. The van der Waals surface area contributed by atoms with Crippen molar-refractivity contribution in [3.8, 4) is 0 Å². The van der Waals surface area contributed by atoms with E-state index in [9.17, 15) is 15.0 Å². The normalized spacial score (nSPS) is 48.4. The van der Waals surface area contributed by atoms with Crippen LogP contribution >= 0.6 is 0 Å². The van der Waals surface area contributed by atoms with E-state index in [1.165, 1.54) is 6.42 Å². The molecule has 7 atom stereocenters. The molecule has 4 bridgehead atoms. The van der Waals surface area contributed by atoms with Gasteiger partial charge in [-0.25, -0.2) is 0 Å². The predicted octanol–water partition coefficient (Wildman–Crippen LogP) is 1.80. The molecule has 6 heteroatoms. The lowest BCUT2D eigenvalue weighted by atomic mass is 9.77. The van der Waals surface area contributed by atoms with Gasteiger partial charge >= 0.3 is 0 Å². The molecule has 1 heterocycles. The highest BCUT2D eigenvalue weighted by molar-refractivity contribution is 5.76. The van der Waals surface area contributed by atoms with Gasteiger partial charge in [0.05, 0.1) is 0 Å². The van der Waals surface area contributed by atoms with Crippen molar-refractivity contribution in [1.82, 2.24) is 9.80 Å². The van der Waals surface area contributed by atoms with Crippen LogP contribution in [0.3, 0.4) is 0 Å². The molecule has 158 valence electrons. The van der Waals surface area contributed by atoms with Crippen molar-refractivity contribution in [3.05, 3.63) is 0 Å². The summed E-state index contributed by atoms with van der Waals surface area (Å²) < 4.78 is 6.24. The van der Waals surface area contributed by atoms with Gasteiger partial charge in [0.15, 0.2) is 11.6 Å². The Kier molecular flexibility index (Phi) is 4.77. The van der Waals surface area contributed by atoms with Crippen molar-refractivity contribution in [2.45, 2.75) is 69.4 Å². The molecule has 0 aromatic rings. The van der Waals surface area contributed by atoms with Crippen LogP contribution in [0.5, 0.6) is 0 Å². The Morgan fingerprint density at radius 2 is 1.89 bits per heavy atom. The van der Waals surface area contributed by atoms with E-state index >= 15 is 0 Å². The fourth-order valence-corrected chi connectivity index (χ4v) is 7.19. The van der Waals surface area contributed by atoms with Gasteiger partial charge in [-0.15, -0.1) is 0 Å². The predicted molar refractivity (Wildman–Crippen MR) is 104 cm³/mol. The molecule has 6 nitrogen and oxygen atoms in total. The molecule has 4 unspecified atom stereocenters. The van der Waals surface area contributed by atoms with Gasteiger partial charge in [-0.05, 0) is 63.3 Å². The van der Waals surface area contributed by atoms with Gasteiger partial charge in [-0.3, -0.25) is 4.79 Å². The molecule has 6 aliphatic rings. The van der Waals surface area contributed by atoms with Crippen molar-refractivity contribution >= 4 is 5.91 Å². The summed E-state index contributed by atoms with van der Waals surface area (Å²) in [7, 11) is 2.09. The third-order valence-corrected chi connectivity index (χ3v) is 8.57. The number of carbonyl (C=O) groups is 1. The van der Waals surface area contributed by atoms with E-state index in [2.05, 4.69) is 11.9 Å². The molecule has 0 radical (unpaired) electrons. The summed E-state index contributed by atoms with van der Waals surface area (Å²) in [6, 6.07) is 0. The molecule has 1 amide bonds. The molecule has 5 saturated carbocycles. The highest BCUT2D eigenvalue weighted by atomic mass is 16.7. The van der Waals surface area contributed by atoms with Gasteiger partial charge in [0.1, 0.15) is 0 Å². The first kappa shape index (κ1) is 19.3. The van der Waals surface area contributed by atoms with Crippen LogP contribution in [-0.2, 0) is 9.53 Å². The summed E-state index contributed by atoms with van der Waals surface area (Å²) in [6.45, 7) is 3.46. The third kappa shape index (κ3) is 3.30. The third-order valence-electron chi connectivity index (χ3n) is 8.57. The standard InChI is InChI=1S/C22H36N2O4/c1-23-5-7-24(8-6-23)20(25)12-15-3-2-4-21(26,14-15)28-22(27)18-10-16-9-17(13-18)19(22)11-16/h15-19,26-27H,2-14H2,1H3/t15-,16?,17?,18?,19?,21-,22-/m0/s1. The second kappa shape index (κ2) is 6.93. The minimum Gasteiger partial charge on any atom is -0.365 e. The van der Waals surface area contributed by atoms with Gasteiger partial charge < -0.3 is 24.7 Å². The zero-order chi connectivity index (χ0) is 19.5. The van der Waals surface area contributed by atoms with Crippen molar-refractivity contribution in [3.63, 3.8) is 0 Å². The van der Waals surface area contributed by atoms with Crippen LogP contribution in [0.2, 0.25) is 0 Å². The highest BCUT2D eigenvalue weighted by Gasteiger charge is 2.64. The molecule has 0 aromatic carbocycles. The second-order valence-corrected chi connectivity index (χ2v) is 10.5. The molecule has 1 saturated heterocycles. The lowest BCUT2D eigenvalue weighted by molar-refractivity contribution is -0.374. The minimum absolute atomic E-state index is 0.143. The maximum absolute atomic E-state index is 12.7. The van der Waals surface area contributed by atoms with Crippen molar-refractivity contribution in [2.75, 3.05) is 33.2 Å². The van der Waals surface area contributed by atoms with Crippen LogP contribution in [0.4, 0.5) is 0 Å². The summed E-state index contributed by atoms with van der Waals surface area (Å²) >= 11 is 0. The Morgan fingerprint density at radius 1 is 1.11 bits per heavy atom. The Labute approximate surface area is 168 Å². The summed E-state index contributed by atoms with van der Waals surface area (Å²) in [6.07, 6.45) is 7.74. The zero-order valence-electron chi connectivity index (χ0n) is 17.2. The SMILES string of the molecule is CN1CCN(C(=O)C[C@@H]2CCC[C@](O)(O[C@@]3(O)C4CC5CC(C4)C3C5)C2)CC1. The van der Waals surface area contributed by atoms with E-state index in [0.717, 1.165) is 64.2 Å². The molecule has 0 aromatic heterocycles. The number of piperazine rings is 1. The monoisotopic (exact) mass is 392 g/mol. The van der Waals surface area contributed by atoms with Crippen molar-refractivity contribution in [1.29, 1.82) is 0 Å². The van der Waals surface area contributed by atoms with E-state index < -0.39 is 11.6 Å². The number of likely N-dealkylation sites (N-methyl/N-ethyl adjacent to an activating group) is 1. The number of amides is 1. The van der Waals surface area contributed by atoms with Crippen molar-refractivity contribution < 1.29 is 19.7 Å². The Balaban J connectivity index is 1.21. The maximum atomic E-state index is 12.7. The molecular formula is C22H36N2O4. The fourth-order valence-electron chi connectivity index (χ4n) is 7.19. The number of hydrogen-bond acceptors (Lipinski definition) is 5. The molecule has 5 aliphatic carbocycles. The largest absolute Gasteiger partial charge is 0.365 e. The summed E-state index contributed by atoms with van der Waals surface area (Å²) in [5.74, 6) is -0.343. The Hall–Kier alpha value is -0.690. The first-order valence-electron chi connectivity index (χ1n) is 11.5.